The van der Waals surface area contributed by atoms with Crippen LogP contribution in [0.15, 0.2) is 34.8 Å². The van der Waals surface area contributed by atoms with Gasteiger partial charge in [0.1, 0.15) is 6.10 Å². The number of halogens is 1. The van der Waals surface area contributed by atoms with Gasteiger partial charge in [-0.3, -0.25) is 10.1 Å². The number of aliphatic hydroxyl groups is 1. The van der Waals surface area contributed by atoms with Crippen molar-refractivity contribution in [3.8, 4) is 0 Å². The van der Waals surface area contributed by atoms with Crippen molar-refractivity contribution in [1.29, 1.82) is 0 Å². The van der Waals surface area contributed by atoms with Gasteiger partial charge in [0.05, 0.1) is 22.1 Å². The molecule has 0 aliphatic carbocycles. The Morgan fingerprint density at radius 2 is 2.22 bits per heavy atom. The van der Waals surface area contributed by atoms with Crippen LogP contribution in [0.4, 0.5) is 5.69 Å². The van der Waals surface area contributed by atoms with Crippen molar-refractivity contribution in [1.82, 2.24) is 0 Å². The van der Waals surface area contributed by atoms with Gasteiger partial charge in [0.15, 0.2) is 0 Å². The number of hydrogen-bond acceptors (Lipinski definition) is 5. The number of benzene rings is 1. The van der Waals surface area contributed by atoms with Gasteiger partial charge >= 0.3 is 5.97 Å². The van der Waals surface area contributed by atoms with Crippen LogP contribution in [0.1, 0.15) is 11.7 Å². The lowest BCUT2D eigenvalue weighted by molar-refractivity contribution is -0.385. The minimum absolute atomic E-state index is 0.186. The number of rotatable bonds is 4. The van der Waals surface area contributed by atoms with E-state index in [0.29, 0.717) is 0 Å². The topological polar surface area (TPSA) is 89.7 Å². The second kappa shape index (κ2) is 5.74. The predicted molar refractivity (Wildman–Crippen MR) is 66.9 cm³/mol. The Labute approximate surface area is 111 Å². The van der Waals surface area contributed by atoms with Crippen LogP contribution in [-0.4, -0.2) is 23.1 Å². The minimum atomic E-state index is -1.34. The van der Waals surface area contributed by atoms with E-state index in [1.54, 1.807) is 0 Å². The molecule has 96 valence electrons. The molecule has 0 heterocycles. The van der Waals surface area contributed by atoms with Gasteiger partial charge in [0, 0.05) is 6.07 Å². The lowest BCUT2D eigenvalue weighted by Crippen LogP contribution is -2.12. The van der Waals surface area contributed by atoms with Gasteiger partial charge in [0.2, 0.25) is 0 Å². The molecule has 0 saturated heterocycles. The monoisotopic (exact) mass is 315 g/mol. The Morgan fingerprint density at radius 3 is 2.72 bits per heavy atom. The van der Waals surface area contributed by atoms with E-state index in [2.05, 4.69) is 27.2 Å². The average Bonchev–Trinajstić information content (AvgIpc) is 2.36. The molecule has 0 amide bonds. The highest BCUT2D eigenvalue weighted by Crippen LogP contribution is 2.30. The molecule has 0 radical (unpaired) electrons. The van der Waals surface area contributed by atoms with Crippen LogP contribution in [0.3, 0.4) is 0 Å². The Morgan fingerprint density at radius 1 is 1.61 bits per heavy atom. The van der Waals surface area contributed by atoms with E-state index in [1.807, 2.05) is 0 Å². The molecule has 1 aromatic carbocycles. The van der Waals surface area contributed by atoms with Crippen LogP contribution >= 0.6 is 15.9 Å². The average molecular weight is 316 g/mol. The molecule has 1 atom stereocenters. The molecule has 6 nitrogen and oxygen atoms in total. The highest BCUT2D eigenvalue weighted by molar-refractivity contribution is 9.10. The molecule has 0 saturated carbocycles. The summed E-state index contributed by atoms with van der Waals surface area (Å²) in [5, 5.41) is 20.6. The van der Waals surface area contributed by atoms with E-state index < -0.39 is 17.0 Å². The fraction of sp³-hybridized carbons (Fsp3) is 0.182. The number of nitrogens with zero attached hydrogens (tertiary/aromatic N) is 1. The summed E-state index contributed by atoms with van der Waals surface area (Å²) in [6.07, 6.45) is -1.34. The first-order chi connectivity index (χ1) is 8.38. The van der Waals surface area contributed by atoms with Crippen LogP contribution in [0.5, 0.6) is 0 Å². The SMILES string of the molecule is C=C(C(=O)OC)C(O)c1ccc(Br)c([N+](=O)[O-])c1. The van der Waals surface area contributed by atoms with Crippen molar-refractivity contribution in [2.45, 2.75) is 6.10 Å². The van der Waals surface area contributed by atoms with Gasteiger partial charge in [-0.2, -0.15) is 0 Å². The van der Waals surface area contributed by atoms with E-state index in [-0.39, 0.29) is 21.3 Å². The number of ether oxygens (including phenoxy) is 1. The molecule has 0 fully saturated rings. The molecule has 0 aliphatic rings. The van der Waals surface area contributed by atoms with Crippen LogP contribution in [0.25, 0.3) is 0 Å². The summed E-state index contributed by atoms with van der Waals surface area (Å²) in [5.74, 6) is -0.770. The van der Waals surface area contributed by atoms with E-state index in [0.717, 1.165) is 7.11 Å². The lowest BCUT2D eigenvalue weighted by atomic mass is 10.0. The van der Waals surface area contributed by atoms with Crippen LogP contribution in [-0.2, 0) is 9.53 Å². The number of esters is 1. The highest BCUT2D eigenvalue weighted by atomic mass is 79.9. The summed E-state index contributed by atoms with van der Waals surface area (Å²) < 4.78 is 4.70. The van der Waals surface area contributed by atoms with Crippen molar-refractivity contribution < 1.29 is 19.6 Å². The highest BCUT2D eigenvalue weighted by Gasteiger charge is 2.22. The second-order valence-corrected chi connectivity index (χ2v) is 4.24. The van der Waals surface area contributed by atoms with Gasteiger partial charge in [-0.1, -0.05) is 12.6 Å². The van der Waals surface area contributed by atoms with Crippen molar-refractivity contribution >= 4 is 27.6 Å². The number of carbonyl (C=O) groups is 1. The standard InChI is InChI=1S/C11H10BrNO5/c1-6(11(15)18-2)10(14)7-3-4-8(12)9(5-7)13(16)17/h3-5,10,14H,1H2,2H3. The van der Waals surface area contributed by atoms with E-state index >= 15 is 0 Å². The summed E-state index contributed by atoms with van der Waals surface area (Å²) in [4.78, 5) is 21.3. The zero-order chi connectivity index (χ0) is 13.9. The Balaban J connectivity index is 3.11. The largest absolute Gasteiger partial charge is 0.466 e. The number of aliphatic hydroxyl groups excluding tert-OH is 1. The first-order valence-corrected chi connectivity index (χ1v) is 5.56. The molecule has 1 N–H and O–H groups in total. The molecular formula is C11H10BrNO5. The first-order valence-electron chi connectivity index (χ1n) is 4.77. The molecule has 1 aromatic rings. The van der Waals surface area contributed by atoms with Gasteiger partial charge < -0.3 is 9.84 Å². The van der Waals surface area contributed by atoms with Crippen molar-refractivity contribution in [3.05, 3.63) is 50.5 Å². The van der Waals surface area contributed by atoms with Crippen LogP contribution in [0, 0.1) is 10.1 Å². The second-order valence-electron chi connectivity index (χ2n) is 3.39. The minimum Gasteiger partial charge on any atom is -0.466 e. The third kappa shape index (κ3) is 2.93. The van der Waals surface area contributed by atoms with E-state index in [1.165, 1.54) is 18.2 Å². The number of carbonyl (C=O) groups excluding carboxylic acids is 1. The van der Waals surface area contributed by atoms with Crippen LogP contribution < -0.4 is 0 Å². The fourth-order valence-corrected chi connectivity index (χ4v) is 1.68. The van der Waals surface area contributed by atoms with Crippen LogP contribution in [0.2, 0.25) is 0 Å². The Bertz CT molecular complexity index is 514. The molecular weight excluding hydrogens is 306 g/mol. The summed E-state index contributed by atoms with van der Waals surface area (Å²) >= 11 is 3.02. The molecule has 0 bridgehead atoms. The number of nitro benzene ring substituents is 1. The lowest BCUT2D eigenvalue weighted by Gasteiger charge is -2.12. The molecule has 18 heavy (non-hydrogen) atoms. The maximum absolute atomic E-state index is 11.2. The van der Waals surface area contributed by atoms with E-state index in [9.17, 15) is 20.0 Å². The summed E-state index contributed by atoms with van der Waals surface area (Å²) in [7, 11) is 1.16. The van der Waals surface area contributed by atoms with Gasteiger partial charge in [0.25, 0.3) is 5.69 Å². The maximum atomic E-state index is 11.2. The fourth-order valence-electron chi connectivity index (χ4n) is 1.28. The van der Waals surface area contributed by atoms with Gasteiger partial charge in [-0.05, 0) is 27.6 Å². The Kier molecular flexibility index (Phi) is 4.57. The summed E-state index contributed by atoms with van der Waals surface area (Å²) in [6.45, 7) is 3.39. The molecule has 0 aromatic heterocycles. The number of nitro groups is 1. The van der Waals surface area contributed by atoms with Gasteiger partial charge in [-0.15, -0.1) is 0 Å². The summed E-state index contributed by atoms with van der Waals surface area (Å²) in [6, 6.07) is 4.04. The third-order valence-electron chi connectivity index (χ3n) is 2.26. The maximum Gasteiger partial charge on any atom is 0.336 e. The number of methoxy groups -OCH3 is 1. The van der Waals surface area contributed by atoms with Crippen molar-refractivity contribution in [2.24, 2.45) is 0 Å². The molecule has 1 rings (SSSR count). The third-order valence-corrected chi connectivity index (χ3v) is 2.93. The Hall–Kier alpha value is -1.73. The first kappa shape index (κ1) is 14.3. The number of hydrogen-bond donors (Lipinski definition) is 1. The smallest absolute Gasteiger partial charge is 0.336 e. The molecule has 1 unspecified atom stereocenters. The zero-order valence-corrected chi connectivity index (χ0v) is 11.0. The van der Waals surface area contributed by atoms with E-state index in [4.69, 9.17) is 0 Å². The summed E-state index contributed by atoms with van der Waals surface area (Å²) in [5.41, 5.74) is -0.196. The molecule has 0 spiro atoms. The molecule has 7 heteroatoms. The van der Waals surface area contributed by atoms with Gasteiger partial charge in [-0.25, -0.2) is 4.79 Å². The molecule has 0 aliphatic heterocycles. The quantitative estimate of drug-likeness (QED) is 0.398. The zero-order valence-electron chi connectivity index (χ0n) is 9.42. The van der Waals surface area contributed by atoms with Crippen molar-refractivity contribution in [3.63, 3.8) is 0 Å². The van der Waals surface area contributed by atoms with Crippen molar-refractivity contribution in [2.75, 3.05) is 7.11 Å². The predicted octanol–water partition coefficient (Wildman–Crippen LogP) is 2.12. The normalized spacial score (nSPS) is 11.7.